The van der Waals surface area contributed by atoms with E-state index in [2.05, 4.69) is 20.7 Å². The standard InChI is InChI=1S/C21H20N4O2S2/c22-10-16-6-7-21-18(8-16)9-17(13-25(21)14-19-12-23-15-28-19)11-24-29(26,27)20-4-2-1-3-5-20/h1-8,12,15,17,24H,9,11,13-14H2. The van der Waals surface area contributed by atoms with Crippen LogP contribution in [0.3, 0.4) is 0 Å². The summed E-state index contributed by atoms with van der Waals surface area (Å²) in [5.74, 6) is 0.0999. The van der Waals surface area contributed by atoms with Gasteiger partial charge >= 0.3 is 0 Å². The maximum atomic E-state index is 12.6. The van der Waals surface area contributed by atoms with Gasteiger partial charge in [0.2, 0.25) is 10.0 Å². The first kappa shape index (κ1) is 19.6. The van der Waals surface area contributed by atoms with Crippen LogP contribution in [0.4, 0.5) is 5.69 Å². The van der Waals surface area contributed by atoms with Crippen LogP contribution >= 0.6 is 11.3 Å². The van der Waals surface area contributed by atoms with Crippen molar-refractivity contribution in [3.63, 3.8) is 0 Å². The molecule has 0 spiro atoms. The number of hydrogen-bond acceptors (Lipinski definition) is 6. The van der Waals surface area contributed by atoms with Crippen molar-refractivity contribution in [1.29, 1.82) is 5.26 Å². The van der Waals surface area contributed by atoms with Crippen LogP contribution in [0.1, 0.15) is 16.0 Å². The van der Waals surface area contributed by atoms with Gasteiger partial charge in [0.1, 0.15) is 0 Å². The fraction of sp³-hybridized carbons (Fsp3) is 0.238. The number of sulfonamides is 1. The third-order valence-corrected chi connectivity index (χ3v) is 7.19. The van der Waals surface area contributed by atoms with Crippen molar-refractivity contribution in [3.8, 4) is 6.07 Å². The number of thiazole rings is 1. The van der Waals surface area contributed by atoms with Crippen molar-refractivity contribution >= 4 is 27.0 Å². The lowest BCUT2D eigenvalue weighted by molar-refractivity contribution is 0.476. The molecule has 3 aromatic rings. The second-order valence-corrected chi connectivity index (χ2v) is 9.78. The molecule has 6 nitrogen and oxygen atoms in total. The van der Waals surface area contributed by atoms with Gasteiger partial charge in [0.25, 0.3) is 0 Å². The summed E-state index contributed by atoms with van der Waals surface area (Å²) in [5.41, 5.74) is 4.60. The zero-order valence-electron chi connectivity index (χ0n) is 15.7. The smallest absolute Gasteiger partial charge is 0.240 e. The quantitative estimate of drug-likeness (QED) is 0.657. The van der Waals surface area contributed by atoms with Gasteiger partial charge in [0, 0.05) is 29.9 Å². The minimum atomic E-state index is -3.55. The normalized spacial score (nSPS) is 16.2. The summed E-state index contributed by atoms with van der Waals surface area (Å²) in [7, 11) is -3.55. The van der Waals surface area contributed by atoms with E-state index >= 15 is 0 Å². The molecule has 4 rings (SSSR count). The van der Waals surface area contributed by atoms with E-state index in [1.807, 2.05) is 29.9 Å². The number of nitriles is 1. The first-order valence-electron chi connectivity index (χ1n) is 9.25. The third-order valence-electron chi connectivity index (χ3n) is 4.98. The average molecular weight is 425 g/mol. The number of benzene rings is 2. The van der Waals surface area contributed by atoms with Gasteiger partial charge in [-0.25, -0.2) is 13.1 Å². The molecule has 0 saturated heterocycles. The monoisotopic (exact) mass is 424 g/mol. The molecule has 1 N–H and O–H groups in total. The minimum absolute atomic E-state index is 0.0999. The fourth-order valence-corrected chi connectivity index (χ4v) is 5.36. The lowest BCUT2D eigenvalue weighted by atomic mass is 9.91. The van der Waals surface area contributed by atoms with Crippen LogP contribution in [0, 0.1) is 17.2 Å². The topological polar surface area (TPSA) is 86.1 Å². The lowest BCUT2D eigenvalue weighted by Crippen LogP contribution is -2.41. The Morgan fingerprint density at radius 3 is 2.79 bits per heavy atom. The van der Waals surface area contributed by atoms with Crippen LogP contribution < -0.4 is 9.62 Å². The third kappa shape index (κ3) is 4.48. The van der Waals surface area contributed by atoms with E-state index < -0.39 is 10.0 Å². The van der Waals surface area contributed by atoms with Crippen LogP contribution in [-0.4, -0.2) is 26.5 Å². The zero-order chi connectivity index (χ0) is 20.3. The lowest BCUT2D eigenvalue weighted by Gasteiger charge is -2.36. The Bertz CT molecular complexity index is 1120. The Balaban J connectivity index is 1.54. The Morgan fingerprint density at radius 2 is 2.07 bits per heavy atom. The van der Waals surface area contributed by atoms with Crippen LogP contribution in [0.5, 0.6) is 0 Å². The van der Waals surface area contributed by atoms with Crippen LogP contribution in [0.15, 0.2) is 65.1 Å². The Morgan fingerprint density at radius 1 is 1.24 bits per heavy atom. The maximum absolute atomic E-state index is 12.6. The number of anilines is 1. The van der Waals surface area contributed by atoms with E-state index in [-0.39, 0.29) is 10.8 Å². The molecule has 1 aliphatic heterocycles. The van der Waals surface area contributed by atoms with Gasteiger partial charge in [0.05, 0.1) is 28.6 Å². The summed E-state index contributed by atoms with van der Waals surface area (Å²) >= 11 is 1.60. The van der Waals surface area contributed by atoms with Gasteiger partial charge in [-0.15, -0.1) is 11.3 Å². The van der Waals surface area contributed by atoms with E-state index in [0.717, 1.165) is 29.1 Å². The van der Waals surface area contributed by atoms with Crippen LogP contribution in [0.25, 0.3) is 0 Å². The molecule has 0 aliphatic carbocycles. The molecule has 0 fully saturated rings. The predicted octanol–water partition coefficient (Wildman–Crippen LogP) is 3.17. The Hall–Kier alpha value is -2.73. The maximum Gasteiger partial charge on any atom is 0.240 e. The molecular formula is C21H20N4O2S2. The Kier molecular flexibility index (Phi) is 5.62. The van der Waals surface area contributed by atoms with E-state index in [1.165, 1.54) is 0 Å². The van der Waals surface area contributed by atoms with Crippen molar-refractivity contribution in [2.75, 3.05) is 18.0 Å². The number of nitrogens with one attached hydrogen (secondary N) is 1. The molecule has 148 valence electrons. The molecule has 1 atom stereocenters. The molecule has 2 aromatic carbocycles. The molecule has 1 aromatic heterocycles. The van der Waals surface area contributed by atoms with Crippen molar-refractivity contribution in [2.24, 2.45) is 5.92 Å². The minimum Gasteiger partial charge on any atom is -0.366 e. The molecule has 0 amide bonds. The zero-order valence-corrected chi connectivity index (χ0v) is 17.3. The molecule has 29 heavy (non-hydrogen) atoms. The summed E-state index contributed by atoms with van der Waals surface area (Å²) < 4.78 is 27.9. The highest BCUT2D eigenvalue weighted by atomic mass is 32.2. The van der Waals surface area contributed by atoms with Gasteiger partial charge in [0.15, 0.2) is 0 Å². The molecule has 0 bridgehead atoms. The van der Waals surface area contributed by atoms with Crippen molar-refractivity contribution < 1.29 is 8.42 Å². The molecular weight excluding hydrogens is 404 g/mol. The second kappa shape index (κ2) is 8.33. The highest BCUT2D eigenvalue weighted by Gasteiger charge is 2.26. The molecule has 0 radical (unpaired) electrons. The number of nitrogens with zero attached hydrogens (tertiary/aromatic N) is 3. The molecule has 1 aliphatic rings. The van der Waals surface area contributed by atoms with E-state index in [4.69, 9.17) is 0 Å². The Labute approximate surface area is 174 Å². The van der Waals surface area contributed by atoms with E-state index in [9.17, 15) is 13.7 Å². The predicted molar refractivity (Wildman–Crippen MR) is 113 cm³/mol. The van der Waals surface area contributed by atoms with Crippen LogP contribution in [-0.2, 0) is 23.0 Å². The van der Waals surface area contributed by atoms with E-state index in [1.54, 1.807) is 41.7 Å². The summed E-state index contributed by atoms with van der Waals surface area (Å²) in [6.07, 6.45) is 2.58. The molecule has 1 unspecified atom stereocenters. The first-order chi connectivity index (χ1) is 14.0. The van der Waals surface area contributed by atoms with Crippen molar-refractivity contribution in [2.45, 2.75) is 17.9 Å². The summed E-state index contributed by atoms with van der Waals surface area (Å²) in [6.45, 7) is 1.78. The number of hydrogen-bond donors (Lipinski definition) is 1. The number of aromatic nitrogens is 1. The second-order valence-electron chi connectivity index (χ2n) is 7.04. The average Bonchev–Trinajstić information content (AvgIpc) is 3.25. The molecule has 0 saturated carbocycles. The van der Waals surface area contributed by atoms with Gasteiger partial charge < -0.3 is 4.90 Å². The summed E-state index contributed by atoms with van der Waals surface area (Å²) in [4.78, 5) is 7.81. The van der Waals surface area contributed by atoms with Crippen molar-refractivity contribution in [1.82, 2.24) is 9.71 Å². The van der Waals surface area contributed by atoms with Gasteiger partial charge in [-0.1, -0.05) is 18.2 Å². The van der Waals surface area contributed by atoms with Gasteiger partial charge in [-0.3, -0.25) is 4.98 Å². The number of rotatable bonds is 6. The number of fused-ring (bicyclic) bond motifs is 1. The summed E-state index contributed by atoms with van der Waals surface area (Å²) in [6, 6.07) is 16.3. The summed E-state index contributed by atoms with van der Waals surface area (Å²) in [5, 5.41) is 9.25. The fourth-order valence-electron chi connectivity index (χ4n) is 3.62. The van der Waals surface area contributed by atoms with Gasteiger partial charge in [-0.05, 0) is 48.2 Å². The van der Waals surface area contributed by atoms with Crippen molar-refractivity contribution in [3.05, 3.63) is 76.2 Å². The highest BCUT2D eigenvalue weighted by Crippen LogP contribution is 2.32. The first-order valence-corrected chi connectivity index (χ1v) is 11.6. The highest BCUT2D eigenvalue weighted by molar-refractivity contribution is 7.89. The largest absolute Gasteiger partial charge is 0.366 e. The van der Waals surface area contributed by atoms with Gasteiger partial charge in [-0.2, -0.15) is 5.26 Å². The van der Waals surface area contributed by atoms with Crippen LogP contribution in [0.2, 0.25) is 0 Å². The molecule has 8 heteroatoms. The SMILES string of the molecule is N#Cc1ccc2c(c1)CC(CNS(=O)(=O)c1ccccc1)CN2Cc1cncs1. The molecule has 2 heterocycles. The van der Waals surface area contributed by atoms with E-state index in [0.29, 0.717) is 18.7 Å².